The van der Waals surface area contributed by atoms with E-state index in [1.165, 1.54) is 22.3 Å². The first-order chi connectivity index (χ1) is 16.9. The zero-order valence-corrected chi connectivity index (χ0v) is 20.6. The highest BCUT2D eigenvalue weighted by Crippen LogP contribution is 2.53. The number of thiazole rings is 1. The third-order valence-electron chi connectivity index (χ3n) is 7.34. The minimum absolute atomic E-state index is 0.0554. The van der Waals surface area contributed by atoms with Gasteiger partial charge in [0.15, 0.2) is 0 Å². The van der Waals surface area contributed by atoms with E-state index >= 15 is 0 Å². The number of hydrogen-bond donors (Lipinski definition) is 1. The van der Waals surface area contributed by atoms with Crippen LogP contribution in [-0.2, 0) is 16.7 Å². The smallest absolute Gasteiger partial charge is 0.450 e. The van der Waals surface area contributed by atoms with E-state index < -0.39 is 6.16 Å². The van der Waals surface area contributed by atoms with Gasteiger partial charge in [-0.25, -0.2) is 14.8 Å². The second-order valence-electron chi connectivity index (χ2n) is 9.78. The maximum absolute atomic E-state index is 10.7. The Hall–Kier alpha value is -3.29. The predicted octanol–water partition coefficient (Wildman–Crippen LogP) is 5.93. The largest absolute Gasteiger partial charge is 0.506 e. The molecule has 2 aromatic carbocycles. The summed E-state index contributed by atoms with van der Waals surface area (Å²) in [5.74, 6) is 0. The van der Waals surface area contributed by atoms with Gasteiger partial charge in [-0.3, -0.25) is 4.90 Å². The molecule has 1 saturated carbocycles. The molecule has 0 unspecified atom stereocenters. The number of carboxylic acid groups (broad SMARTS) is 1. The minimum Gasteiger partial charge on any atom is -0.450 e. The molecule has 6 nitrogen and oxygen atoms in total. The molecule has 4 aromatic rings. The van der Waals surface area contributed by atoms with E-state index in [1.807, 2.05) is 0 Å². The van der Waals surface area contributed by atoms with Gasteiger partial charge in [-0.15, -0.1) is 0 Å². The first-order valence-electron chi connectivity index (χ1n) is 12.0. The molecule has 1 N–H and O–H groups in total. The monoisotopic (exact) mass is 485 g/mol. The number of rotatable bonds is 6. The van der Waals surface area contributed by atoms with E-state index in [0.29, 0.717) is 13.1 Å². The Balaban J connectivity index is 1.24. The van der Waals surface area contributed by atoms with Gasteiger partial charge >= 0.3 is 6.16 Å². The van der Waals surface area contributed by atoms with Crippen LogP contribution in [0.3, 0.4) is 0 Å². The number of hydrogen-bond acceptors (Lipinski definition) is 6. The van der Waals surface area contributed by atoms with Gasteiger partial charge in [0.05, 0.1) is 5.69 Å². The van der Waals surface area contributed by atoms with Crippen LogP contribution in [0.4, 0.5) is 4.79 Å². The summed E-state index contributed by atoms with van der Waals surface area (Å²) < 4.78 is 4.84. The number of carbonyl (C=O) groups is 1. The number of benzene rings is 2. The Morgan fingerprint density at radius 1 is 1.09 bits per heavy atom. The third-order valence-corrected chi connectivity index (χ3v) is 8.35. The molecular weight excluding hydrogens is 458 g/mol. The number of fused-ring (bicyclic) bond motifs is 1. The molecule has 2 fully saturated rings. The SMILES string of the molecule is Cc1cc(-c2nc3ccc(C4(c5ccccc5)CC4)nc3s2)cc(C)c1CN1CC(OC(=O)O)C1. The van der Waals surface area contributed by atoms with Crippen LogP contribution in [0.15, 0.2) is 54.6 Å². The van der Waals surface area contributed by atoms with Gasteiger partial charge in [0.25, 0.3) is 0 Å². The summed E-state index contributed by atoms with van der Waals surface area (Å²) in [6.45, 7) is 6.35. The lowest BCUT2D eigenvalue weighted by atomic mass is 9.92. The molecule has 0 spiro atoms. The Morgan fingerprint density at radius 2 is 1.80 bits per heavy atom. The van der Waals surface area contributed by atoms with Crippen molar-refractivity contribution in [2.75, 3.05) is 13.1 Å². The summed E-state index contributed by atoms with van der Waals surface area (Å²) in [6.07, 6.45) is 0.864. The maximum Gasteiger partial charge on any atom is 0.506 e. The molecule has 3 heterocycles. The van der Waals surface area contributed by atoms with E-state index in [0.717, 1.165) is 46.0 Å². The number of nitrogens with zero attached hydrogens (tertiary/aromatic N) is 3. The number of ether oxygens (including phenoxy) is 1. The summed E-state index contributed by atoms with van der Waals surface area (Å²) in [5.41, 5.74) is 8.33. The van der Waals surface area contributed by atoms with Crippen molar-refractivity contribution in [1.29, 1.82) is 0 Å². The van der Waals surface area contributed by atoms with Crippen molar-refractivity contribution in [3.63, 3.8) is 0 Å². The molecule has 1 saturated heterocycles. The van der Waals surface area contributed by atoms with Gasteiger partial charge in [-0.2, -0.15) is 0 Å². The van der Waals surface area contributed by atoms with E-state index in [-0.39, 0.29) is 11.5 Å². The lowest BCUT2D eigenvalue weighted by Crippen LogP contribution is -2.52. The van der Waals surface area contributed by atoms with E-state index in [4.69, 9.17) is 19.8 Å². The van der Waals surface area contributed by atoms with Gasteiger partial charge in [0.1, 0.15) is 21.5 Å². The van der Waals surface area contributed by atoms with Crippen molar-refractivity contribution in [2.45, 2.75) is 44.8 Å². The van der Waals surface area contributed by atoms with E-state index in [2.05, 4.69) is 73.3 Å². The van der Waals surface area contributed by atoms with Crippen LogP contribution >= 0.6 is 11.3 Å². The zero-order chi connectivity index (χ0) is 24.2. The third kappa shape index (κ3) is 4.09. The van der Waals surface area contributed by atoms with E-state index in [9.17, 15) is 4.79 Å². The molecule has 35 heavy (non-hydrogen) atoms. The molecule has 2 aromatic heterocycles. The van der Waals surface area contributed by atoms with Crippen molar-refractivity contribution in [2.24, 2.45) is 0 Å². The fourth-order valence-electron chi connectivity index (χ4n) is 5.24. The molecule has 0 bridgehead atoms. The van der Waals surface area contributed by atoms with Crippen LogP contribution in [0.1, 0.15) is 40.8 Å². The van der Waals surface area contributed by atoms with Crippen molar-refractivity contribution in [3.8, 4) is 10.6 Å². The molecule has 1 aliphatic carbocycles. The lowest BCUT2D eigenvalue weighted by Gasteiger charge is -2.38. The van der Waals surface area contributed by atoms with Crippen LogP contribution in [0.25, 0.3) is 20.9 Å². The topological polar surface area (TPSA) is 75.5 Å². The predicted molar refractivity (Wildman–Crippen MR) is 137 cm³/mol. The maximum atomic E-state index is 10.7. The molecular formula is C28H27N3O3S. The number of likely N-dealkylation sites (tertiary alicyclic amines) is 1. The first-order valence-corrected chi connectivity index (χ1v) is 12.8. The highest BCUT2D eigenvalue weighted by molar-refractivity contribution is 7.21. The van der Waals surface area contributed by atoms with Gasteiger partial charge in [-0.1, -0.05) is 41.7 Å². The highest BCUT2D eigenvalue weighted by Gasteiger charge is 2.47. The van der Waals surface area contributed by atoms with Gasteiger partial charge < -0.3 is 9.84 Å². The molecule has 0 atom stereocenters. The van der Waals surface area contributed by atoms with Crippen LogP contribution in [-0.4, -0.2) is 45.3 Å². The molecule has 6 rings (SSSR count). The fourth-order valence-corrected chi connectivity index (χ4v) is 6.17. The Bertz CT molecular complexity index is 1400. The quantitative estimate of drug-likeness (QED) is 0.341. The summed E-state index contributed by atoms with van der Waals surface area (Å²) in [7, 11) is 0. The minimum atomic E-state index is -1.20. The summed E-state index contributed by atoms with van der Waals surface area (Å²) in [5, 5.41) is 9.76. The fraction of sp³-hybridized carbons (Fsp3) is 0.321. The van der Waals surface area contributed by atoms with Crippen molar-refractivity contribution in [1.82, 2.24) is 14.9 Å². The molecule has 0 amide bonds. The molecule has 1 aliphatic heterocycles. The lowest BCUT2D eigenvalue weighted by molar-refractivity contribution is -0.0364. The number of aromatic nitrogens is 2. The van der Waals surface area contributed by atoms with Crippen molar-refractivity contribution >= 4 is 27.8 Å². The Kier molecular flexibility index (Phi) is 5.34. The molecule has 0 radical (unpaired) electrons. The van der Waals surface area contributed by atoms with Crippen LogP contribution in [0, 0.1) is 13.8 Å². The van der Waals surface area contributed by atoms with Crippen molar-refractivity contribution in [3.05, 3.63) is 82.5 Å². The Labute approximate surface area is 208 Å². The zero-order valence-electron chi connectivity index (χ0n) is 19.8. The molecule has 178 valence electrons. The standard InChI is InChI=1S/C28H27N3O3S/c1-17-12-19(13-18(2)22(17)16-31-14-21(15-31)34-27(32)33)25-29-23-8-9-24(30-26(23)35-25)28(10-11-28)20-6-4-3-5-7-20/h3-9,12-13,21H,10-11,14-16H2,1-2H3,(H,32,33). The normalized spacial score (nSPS) is 17.3. The number of pyridine rings is 1. The van der Waals surface area contributed by atoms with Gasteiger partial charge in [-0.05, 0) is 73.2 Å². The highest BCUT2D eigenvalue weighted by atomic mass is 32.1. The van der Waals surface area contributed by atoms with Crippen molar-refractivity contribution < 1.29 is 14.6 Å². The molecule has 7 heteroatoms. The number of aryl methyl sites for hydroxylation is 2. The van der Waals surface area contributed by atoms with Crippen LogP contribution in [0.5, 0.6) is 0 Å². The first kappa shape index (κ1) is 22.2. The summed E-state index contributed by atoms with van der Waals surface area (Å²) >= 11 is 1.66. The summed E-state index contributed by atoms with van der Waals surface area (Å²) in [4.78, 5) is 23.9. The van der Waals surface area contributed by atoms with E-state index in [1.54, 1.807) is 11.3 Å². The van der Waals surface area contributed by atoms with Crippen LogP contribution < -0.4 is 0 Å². The molecule has 2 aliphatic rings. The average Bonchev–Trinajstić information content (AvgIpc) is 3.52. The van der Waals surface area contributed by atoms with Gasteiger partial charge in [0.2, 0.25) is 0 Å². The second-order valence-corrected chi connectivity index (χ2v) is 10.8. The average molecular weight is 486 g/mol. The summed E-state index contributed by atoms with van der Waals surface area (Å²) in [6, 6.07) is 19.4. The van der Waals surface area contributed by atoms with Gasteiger partial charge in [0, 0.05) is 30.6 Å². The van der Waals surface area contributed by atoms with Crippen LogP contribution in [0.2, 0.25) is 0 Å². The second kappa shape index (κ2) is 8.43. The Morgan fingerprint density at radius 3 is 2.46 bits per heavy atom.